The second-order valence-electron chi connectivity index (χ2n) is 6.99. The minimum Gasteiger partial charge on any atom is -0.321 e. The van der Waals surface area contributed by atoms with Crippen LogP contribution in [0.25, 0.3) is 0 Å². The molecule has 2 amide bonds. The Bertz CT molecular complexity index is 1130. The Morgan fingerprint density at radius 2 is 1.67 bits per heavy atom. The number of nitrogens with zero attached hydrogens (tertiary/aromatic N) is 1. The number of carbonyl (C=O) groups excluding carboxylic acids is 2. The second-order valence-corrected chi connectivity index (χ2v) is 7.83. The summed E-state index contributed by atoms with van der Waals surface area (Å²) in [5, 5.41) is 3.63. The molecule has 0 fully saturated rings. The van der Waals surface area contributed by atoms with Crippen LogP contribution >= 0.6 is 23.2 Å². The molecule has 1 N–H and O–H groups in total. The van der Waals surface area contributed by atoms with Gasteiger partial charge in [-0.15, -0.1) is 0 Å². The molecule has 1 aliphatic rings. The molecule has 0 spiro atoms. The van der Waals surface area contributed by atoms with Crippen molar-refractivity contribution in [2.75, 3.05) is 16.8 Å². The van der Waals surface area contributed by atoms with Gasteiger partial charge in [-0.1, -0.05) is 23.2 Å². The predicted octanol–water partition coefficient (Wildman–Crippen LogP) is 5.98. The Labute approximate surface area is 183 Å². The molecule has 4 rings (SSSR count). The van der Waals surface area contributed by atoms with Crippen LogP contribution in [0.3, 0.4) is 0 Å². The number of benzene rings is 3. The highest BCUT2D eigenvalue weighted by Gasteiger charge is 2.24. The highest BCUT2D eigenvalue weighted by Crippen LogP contribution is 2.31. The highest BCUT2D eigenvalue weighted by atomic mass is 35.5. The van der Waals surface area contributed by atoms with E-state index in [4.69, 9.17) is 23.2 Å². The molecule has 0 saturated heterocycles. The summed E-state index contributed by atoms with van der Waals surface area (Å²) in [6, 6.07) is 15.6. The lowest BCUT2D eigenvalue weighted by Crippen LogP contribution is -2.35. The van der Waals surface area contributed by atoms with E-state index >= 15 is 0 Å². The van der Waals surface area contributed by atoms with Crippen LogP contribution in [0.5, 0.6) is 0 Å². The fourth-order valence-electron chi connectivity index (χ4n) is 3.49. The third-order valence-corrected chi connectivity index (χ3v) is 5.54. The molecule has 1 heterocycles. The van der Waals surface area contributed by atoms with Crippen molar-refractivity contribution in [1.82, 2.24) is 0 Å². The first kappa shape index (κ1) is 20.4. The zero-order valence-electron chi connectivity index (χ0n) is 15.8. The predicted molar refractivity (Wildman–Crippen MR) is 117 cm³/mol. The zero-order chi connectivity index (χ0) is 21.3. The number of anilines is 2. The molecule has 30 heavy (non-hydrogen) atoms. The molecular formula is C23H17Cl2FN2O2. The largest absolute Gasteiger partial charge is 0.321 e. The van der Waals surface area contributed by atoms with E-state index in [1.807, 2.05) is 0 Å². The molecule has 1 aliphatic heterocycles. The SMILES string of the molecule is O=C(Nc1cc(Cl)ccc1Cl)c1ccc2c(c1)CCCN2C(=O)c1ccc(F)cc1. The summed E-state index contributed by atoms with van der Waals surface area (Å²) in [6.45, 7) is 0.562. The molecule has 3 aromatic rings. The van der Waals surface area contributed by atoms with Crippen molar-refractivity contribution >= 4 is 46.4 Å². The van der Waals surface area contributed by atoms with Gasteiger partial charge in [-0.05, 0) is 79.1 Å². The van der Waals surface area contributed by atoms with Crippen molar-refractivity contribution in [2.45, 2.75) is 12.8 Å². The summed E-state index contributed by atoms with van der Waals surface area (Å²) in [4.78, 5) is 27.3. The molecule has 0 bridgehead atoms. The summed E-state index contributed by atoms with van der Waals surface area (Å²) >= 11 is 12.1. The number of halogens is 3. The minimum atomic E-state index is -0.388. The summed E-state index contributed by atoms with van der Waals surface area (Å²) in [5.74, 6) is -0.899. The molecule has 152 valence electrons. The summed E-state index contributed by atoms with van der Waals surface area (Å²) in [7, 11) is 0. The number of hydrogen-bond donors (Lipinski definition) is 1. The number of fused-ring (bicyclic) bond motifs is 1. The van der Waals surface area contributed by atoms with Gasteiger partial charge in [0.25, 0.3) is 11.8 Å². The standard InChI is InChI=1S/C23H17Cl2FN2O2/c24-17-6-9-19(25)20(13-17)27-22(29)16-5-10-21-15(12-16)2-1-11-28(21)23(30)14-3-7-18(26)8-4-14/h3-10,12-13H,1-2,11H2,(H,27,29). The van der Waals surface area contributed by atoms with E-state index in [9.17, 15) is 14.0 Å². The van der Waals surface area contributed by atoms with Gasteiger partial charge in [-0.25, -0.2) is 4.39 Å². The van der Waals surface area contributed by atoms with Crippen LogP contribution < -0.4 is 10.2 Å². The van der Waals surface area contributed by atoms with Crippen LogP contribution in [-0.4, -0.2) is 18.4 Å². The zero-order valence-corrected chi connectivity index (χ0v) is 17.3. The van der Waals surface area contributed by atoms with E-state index in [0.29, 0.717) is 33.4 Å². The molecule has 0 saturated carbocycles. The molecular weight excluding hydrogens is 426 g/mol. The smallest absolute Gasteiger partial charge is 0.258 e. The fraction of sp³-hybridized carbons (Fsp3) is 0.130. The first-order valence-electron chi connectivity index (χ1n) is 9.39. The fourth-order valence-corrected chi connectivity index (χ4v) is 3.82. The summed E-state index contributed by atoms with van der Waals surface area (Å²) < 4.78 is 13.2. The lowest BCUT2D eigenvalue weighted by molar-refractivity contribution is 0.0984. The van der Waals surface area contributed by atoms with E-state index in [-0.39, 0.29) is 17.6 Å². The van der Waals surface area contributed by atoms with E-state index in [2.05, 4.69) is 5.32 Å². The molecule has 0 aliphatic carbocycles. The minimum absolute atomic E-state index is 0.195. The molecule has 4 nitrogen and oxygen atoms in total. The molecule has 3 aromatic carbocycles. The molecule has 0 aromatic heterocycles. The van der Waals surface area contributed by atoms with Gasteiger partial charge in [0, 0.05) is 28.4 Å². The quantitative estimate of drug-likeness (QED) is 0.542. The van der Waals surface area contributed by atoms with Crippen molar-refractivity contribution in [3.8, 4) is 0 Å². The van der Waals surface area contributed by atoms with E-state index in [0.717, 1.165) is 24.1 Å². The number of carbonyl (C=O) groups is 2. The average Bonchev–Trinajstić information content (AvgIpc) is 2.75. The van der Waals surface area contributed by atoms with E-state index < -0.39 is 0 Å². The highest BCUT2D eigenvalue weighted by molar-refractivity contribution is 6.35. The maximum Gasteiger partial charge on any atom is 0.258 e. The molecule has 7 heteroatoms. The Balaban J connectivity index is 1.58. The van der Waals surface area contributed by atoms with Crippen molar-refractivity contribution in [3.05, 3.63) is 93.2 Å². The van der Waals surface area contributed by atoms with Crippen LogP contribution in [0.4, 0.5) is 15.8 Å². The molecule has 0 radical (unpaired) electrons. The number of amides is 2. The van der Waals surface area contributed by atoms with Crippen molar-refractivity contribution in [2.24, 2.45) is 0 Å². The average molecular weight is 443 g/mol. The maximum atomic E-state index is 13.2. The van der Waals surface area contributed by atoms with E-state index in [1.54, 1.807) is 41.3 Å². The molecule has 0 atom stereocenters. The Hall–Kier alpha value is -2.89. The first-order valence-corrected chi connectivity index (χ1v) is 10.1. The number of hydrogen-bond acceptors (Lipinski definition) is 2. The number of aryl methyl sites for hydroxylation is 1. The van der Waals surface area contributed by atoms with Crippen LogP contribution in [0, 0.1) is 5.82 Å². The number of nitrogens with one attached hydrogen (secondary N) is 1. The molecule has 0 unspecified atom stereocenters. The van der Waals surface area contributed by atoms with Crippen LogP contribution in [0.15, 0.2) is 60.7 Å². The van der Waals surface area contributed by atoms with Crippen molar-refractivity contribution < 1.29 is 14.0 Å². The number of rotatable bonds is 3. The Morgan fingerprint density at radius 3 is 2.43 bits per heavy atom. The normalized spacial score (nSPS) is 13.0. The van der Waals surface area contributed by atoms with Crippen LogP contribution in [-0.2, 0) is 6.42 Å². The van der Waals surface area contributed by atoms with Gasteiger partial charge in [0.1, 0.15) is 5.82 Å². The van der Waals surface area contributed by atoms with Crippen molar-refractivity contribution in [3.63, 3.8) is 0 Å². The second kappa shape index (κ2) is 8.46. The van der Waals surface area contributed by atoms with Gasteiger partial charge in [-0.3, -0.25) is 9.59 Å². The topological polar surface area (TPSA) is 49.4 Å². The monoisotopic (exact) mass is 442 g/mol. The third kappa shape index (κ3) is 4.18. The van der Waals surface area contributed by atoms with Gasteiger partial charge < -0.3 is 10.2 Å². The Kier molecular flexibility index (Phi) is 5.75. The van der Waals surface area contributed by atoms with E-state index in [1.165, 1.54) is 24.3 Å². The van der Waals surface area contributed by atoms with Gasteiger partial charge in [0.05, 0.1) is 10.7 Å². The van der Waals surface area contributed by atoms with Crippen LogP contribution in [0.2, 0.25) is 10.0 Å². The van der Waals surface area contributed by atoms with Crippen molar-refractivity contribution in [1.29, 1.82) is 0 Å². The maximum absolute atomic E-state index is 13.2. The third-order valence-electron chi connectivity index (χ3n) is 4.97. The van der Waals surface area contributed by atoms with Gasteiger partial charge in [0.15, 0.2) is 0 Å². The van der Waals surface area contributed by atoms with Gasteiger partial charge in [-0.2, -0.15) is 0 Å². The lowest BCUT2D eigenvalue weighted by Gasteiger charge is -2.30. The lowest BCUT2D eigenvalue weighted by atomic mass is 9.98. The first-order chi connectivity index (χ1) is 14.4. The summed E-state index contributed by atoms with van der Waals surface area (Å²) in [5.41, 5.74) is 2.97. The summed E-state index contributed by atoms with van der Waals surface area (Å²) in [6.07, 6.45) is 1.52. The van der Waals surface area contributed by atoms with Gasteiger partial charge in [0.2, 0.25) is 0 Å². The van der Waals surface area contributed by atoms with Gasteiger partial charge >= 0.3 is 0 Å². The van der Waals surface area contributed by atoms with Crippen LogP contribution in [0.1, 0.15) is 32.7 Å². The Morgan fingerprint density at radius 1 is 0.933 bits per heavy atom.